The van der Waals surface area contributed by atoms with Crippen LogP contribution in [0, 0.1) is 0 Å². The minimum Gasteiger partial charge on any atom is -0.364 e. The second kappa shape index (κ2) is 7.84. The molecular weight excluding hydrogens is 396 g/mol. The quantitative estimate of drug-likeness (QED) is 0.489. The molecule has 5 nitrogen and oxygen atoms in total. The molecule has 4 aromatic rings. The normalized spacial score (nSPS) is 13.7. The van der Waals surface area contributed by atoms with E-state index in [1.165, 1.54) is 5.52 Å². The Kier molecular flexibility index (Phi) is 4.89. The topological polar surface area (TPSA) is 50.2 Å². The molecule has 0 saturated carbocycles. The zero-order valence-corrected chi connectivity index (χ0v) is 17.1. The predicted octanol–water partition coefficient (Wildman–Crippen LogP) is 5.35. The molecule has 0 radical (unpaired) electrons. The summed E-state index contributed by atoms with van der Waals surface area (Å²) in [5.41, 5.74) is 4.50. The van der Waals surface area contributed by atoms with Crippen LogP contribution in [0.4, 0.5) is 11.4 Å². The number of imidazole rings is 1. The van der Waals surface area contributed by atoms with Gasteiger partial charge in [0.05, 0.1) is 28.2 Å². The molecule has 0 aliphatic carbocycles. The first-order valence-electron chi connectivity index (χ1n) is 10.0. The predicted molar refractivity (Wildman–Crippen MR) is 121 cm³/mol. The molecule has 0 saturated heterocycles. The number of aryl methyl sites for hydroxylation is 1. The fourth-order valence-corrected chi connectivity index (χ4v) is 4.23. The molecule has 1 aromatic heterocycles. The van der Waals surface area contributed by atoms with Crippen molar-refractivity contribution in [3.05, 3.63) is 89.2 Å². The van der Waals surface area contributed by atoms with Gasteiger partial charge in [0.25, 0.3) is 5.91 Å². The fraction of sp³-hybridized carbons (Fsp3) is 0.167. The number of hydrogen-bond acceptors (Lipinski definition) is 3. The van der Waals surface area contributed by atoms with Crippen molar-refractivity contribution in [1.29, 1.82) is 0 Å². The first kappa shape index (κ1) is 18.7. The van der Waals surface area contributed by atoms with Crippen molar-refractivity contribution in [1.82, 2.24) is 9.55 Å². The Balaban J connectivity index is 1.40. The Morgan fingerprint density at radius 3 is 2.70 bits per heavy atom. The zero-order chi connectivity index (χ0) is 20.5. The Bertz CT molecular complexity index is 1230. The van der Waals surface area contributed by atoms with Gasteiger partial charge in [-0.1, -0.05) is 41.9 Å². The number of hydrogen-bond donors (Lipinski definition) is 1. The molecule has 3 aromatic carbocycles. The average molecular weight is 417 g/mol. The highest BCUT2D eigenvalue weighted by Gasteiger charge is 2.19. The van der Waals surface area contributed by atoms with Gasteiger partial charge in [-0.15, -0.1) is 0 Å². The molecule has 6 heteroatoms. The summed E-state index contributed by atoms with van der Waals surface area (Å²) in [5, 5.41) is 3.41. The van der Waals surface area contributed by atoms with Gasteiger partial charge < -0.3 is 14.8 Å². The number of amides is 1. The minimum absolute atomic E-state index is 0.213. The highest BCUT2D eigenvalue weighted by molar-refractivity contribution is 6.34. The number of carbonyl (C=O) groups excluding carboxylic acids is 1. The third kappa shape index (κ3) is 3.53. The van der Waals surface area contributed by atoms with Gasteiger partial charge in [0.15, 0.2) is 0 Å². The van der Waals surface area contributed by atoms with Crippen molar-refractivity contribution >= 4 is 39.9 Å². The van der Waals surface area contributed by atoms with Crippen molar-refractivity contribution in [3.63, 3.8) is 0 Å². The molecule has 30 heavy (non-hydrogen) atoms. The molecule has 5 rings (SSSR count). The highest BCUT2D eigenvalue weighted by atomic mass is 35.5. The summed E-state index contributed by atoms with van der Waals surface area (Å²) < 4.78 is 2.32. The summed E-state index contributed by atoms with van der Waals surface area (Å²) in [4.78, 5) is 19.8. The monoisotopic (exact) mass is 416 g/mol. The van der Waals surface area contributed by atoms with Crippen LogP contribution in [0.2, 0.25) is 5.02 Å². The summed E-state index contributed by atoms with van der Waals surface area (Å²) in [6.45, 7) is 2.62. The van der Waals surface area contributed by atoms with Gasteiger partial charge in [-0.25, -0.2) is 4.98 Å². The standard InChI is InChI=1S/C24H21ClN4O/c25-20-10-2-1-9-19(20)24(30)26-17-7-5-8-18(15-17)28-13-6-14-29-22-12-4-3-11-21(22)27-23(29)16-28/h1-5,7-12,15H,6,13-14,16H2,(H,26,30). The molecule has 1 aliphatic rings. The van der Waals surface area contributed by atoms with Crippen molar-refractivity contribution < 1.29 is 4.79 Å². The lowest BCUT2D eigenvalue weighted by atomic mass is 10.2. The van der Waals surface area contributed by atoms with Gasteiger partial charge in [0.2, 0.25) is 0 Å². The van der Waals surface area contributed by atoms with Crippen LogP contribution in [0.25, 0.3) is 11.0 Å². The largest absolute Gasteiger partial charge is 0.364 e. The van der Waals surface area contributed by atoms with Crippen LogP contribution in [0.15, 0.2) is 72.8 Å². The van der Waals surface area contributed by atoms with Gasteiger partial charge in [-0.05, 0) is 48.9 Å². The smallest absolute Gasteiger partial charge is 0.257 e. The molecule has 0 bridgehead atoms. The highest BCUT2D eigenvalue weighted by Crippen LogP contribution is 2.26. The summed E-state index contributed by atoms with van der Waals surface area (Å²) in [6.07, 6.45) is 1.03. The first-order chi connectivity index (χ1) is 14.7. The molecule has 1 amide bonds. The van der Waals surface area contributed by atoms with Gasteiger partial charge in [-0.3, -0.25) is 4.79 Å². The van der Waals surface area contributed by atoms with Crippen LogP contribution in [-0.2, 0) is 13.1 Å². The molecule has 0 unspecified atom stereocenters. The van der Waals surface area contributed by atoms with Crippen LogP contribution in [-0.4, -0.2) is 22.0 Å². The van der Waals surface area contributed by atoms with Crippen LogP contribution < -0.4 is 10.2 Å². The van der Waals surface area contributed by atoms with Gasteiger partial charge in [-0.2, -0.15) is 0 Å². The van der Waals surface area contributed by atoms with Crippen LogP contribution in [0.5, 0.6) is 0 Å². The summed E-state index contributed by atoms with van der Waals surface area (Å²) in [5.74, 6) is 0.856. The Hall–Kier alpha value is -3.31. The van der Waals surface area contributed by atoms with Gasteiger partial charge in [0, 0.05) is 24.5 Å². The van der Waals surface area contributed by atoms with Gasteiger partial charge in [0.1, 0.15) is 5.82 Å². The average Bonchev–Trinajstić information content (AvgIpc) is 2.96. The van der Waals surface area contributed by atoms with Crippen molar-refractivity contribution in [2.24, 2.45) is 0 Å². The molecule has 0 atom stereocenters. The lowest BCUT2D eigenvalue weighted by molar-refractivity contribution is 0.102. The zero-order valence-electron chi connectivity index (χ0n) is 16.4. The second-order valence-corrected chi connectivity index (χ2v) is 7.83. The van der Waals surface area contributed by atoms with Crippen LogP contribution in [0.3, 0.4) is 0 Å². The fourth-order valence-electron chi connectivity index (χ4n) is 4.01. The third-order valence-electron chi connectivity index (χ3n) is 5.46. The molecule has 0 spiro atoms. The van der Waals surface area contributed by atoms with Crippen LogP contribution >= 0.6 is 11.6 Å². The second-order valence-electron chi connectivity index (χ2n) is 7.43. The summed E-state index contributed by atoms with van der Waals surface area (Å²) in [7, 11) is 0. The maximum absolute atomic E-state index is 12.6. The van der Waals surface area contributed by atoms with E-state index in [0.717, 1.165) is 48.8 Å². The summed E-state index contributed by atoms with van der Waals surface area (Å²) in [6, 6.07) is 23.3. The van der Waals surface area contributed by atoms with E-state index in [2.05, 4.69) is 39.0 Å². The van der Waals surface area contributed by atoms with E-state index < -0.39 is 0 Å². The maximum atomic E-state index is 12.6. The number of rotatable bonds is 3. The number of benzene rings is 3. The van der Waals surface area contributed by atoms with E-state index in [-0.39, 0.29) is 5.91 Å². The lowest BCUT2D eigenvalue weighted by Gasteiger charge is -2.22. The van der Waals surface area contributed by atoms with E-state index >= 15 is 0 Å². The molecule has 150 valence electrons. The number of aromatic nitrogens is 2. The maximum Gasteiger partial charge on any atom is 0.257 e. The number of nitrogens with one attached hydrogen (secondary N) is 1. The number of anilines is 2. The van der Waals surface area contributed by atoms with E-state index in [9.17, 15) is 4.79 Å². The Labute approximate surface area is 179 Å². The van der Waals surface area contributed by atoms with Crippen LogP contribution in [0.1, 0.15) is 22.6 Å². The van der Waals surface area contributed by atoms with Crippen molar-refractivity contribution in [2.45, 2.75) is 19.5 Å². The van der Waals surface area contributed by atoms with Crippen molar-refractivity contribution in [2.75, 3.05) is 16.8 Å². The van der Waals surface area contributed by atoms with E-state index in [1.807, 2.05) is 30.3 Å². The van der Waals surface area contributed by atoms with E-state index in [4.69, 9.17) is 16.6 Å². The minimum atomic E-state index is -0.213. The van der Waals surface area contributed by atoms with E-state index in [0.29, 0.717) is 10.6 Å². The Morgan fingerprint density at radius 2 is 1.80 bits per heavy atom. The molecule has 0 fully saturated rings. The number of halogens is 1. The Morgan fingerprint density at radius 1 is 0.967 bits per heavy atom. The first-order valence-corrected chi connectivity index (χ1v) is 10.4. The molecular formula is C24H21ClN4O. The molecule has 2 heterocycles. The van der Waals surface area contributed by atoms with Gasteiger partial charge >= 0.3 is 0 Å². The lowest BCUT2D eigenvalue weighted by Crippen LogP contribution is -2.23. The SMILES string of the molecule is O=C(Nc1cccc(N2CCCn3c(nc4ccccc43)C2)c1)c1ccccc1Cl. The number of fused-ring (bicyclic) bond motifs is 3. The number of nitrogens with zero attached hydrogens (tertiary/aromatic N) is 3. The summed E-state index contributed by atoms with van der Waals surface area (Å²) >= 11 is 6.16. The third-order valence-corrected chi connectivity index (χ3v) is 5.79. The number of carbonyl (C=O) groups is 1. The molecule has 1 aliphatic heterocycles. The number of para-hydroxylation sites is 2. The van der Waals surface area contributed by atoms with Crippen molar-refractivity contribution in [3.8, 4) is 0 Å². The molecule has 1 N–H and O–H groups in total. The van der Waals surface area contributed by atoms with E-state index in [1.54, 1.807) is 18.2 Å².